The Hall–Kier alpha value is -1.77. The molecule has 0 bridgehead atoms. The molecular formula is C13H14N2O4S2. The summed E-state index contributed by atoms with van der Waals surface area (Å²) in [4.78, 5) is 15.1. The Morgan fingerprint density at radius 3 is 2.81 bits per heavy atom. The Kier molecular flexibility index (Phi) is 4.71. The standard InChI is InChI=1S/C13H14N2O4S2/c1-9-7-14-5-4-10(9)8-15-21(18,19)13-3-2-11(20-13)6-12(16)17/h2-5,7,15H,6,8H2,1H3,(H,16,17). The van der Waals surface area contributed by atoms with Gasteiger partial charge < -0.3 is 5.11 Å². The van der Waals surface area contributed by atoms with Crippen molar-refractivity contribution in [2.45, 2.75) is 24.1 Å². The number of carboxylic acid groups (broad SMARTS) is 1. The van der Waals surface area contributed by atoms with Gasteiger partial charge in [0.25, 0.3) is 0 Å². The lowest BCUT2D eigenvalue weighted by Crippen LogP contribution is -2.22. The molecule has 0 aliphatic heterocycles. The van der Waals surface area contributed by atoms with Crippen molar-refractivity contribution in [1.29, 1.82) is 0 Å². The van der Waals surface area contributed by atoms with Crippen LogP contribution < -0.4 is 4.72 Å². The van der Waals surface area contributed by atoms with Crippen LogP contribution in [0.1, 0.15) is 16.0 Å². The van der Waals surface area contributed by atoms with Crippen LogP contribution in [-0.2, 0) is 27.8 Å². The number of aromatic nitrogens is 1. The number of aliphatic carboxylic acids is 1. The Labute approximate surface area is 126 Å². The summed E-state index contributed by atoms with van der Waals surface area (Å²) in [5, 5.41) is 8.70. The van der Waals surface area contributed by atoms with Crippen molar-refractivity contribution in [1.82, 2.24) is 9.71 Å². The van der Waals surface area contributed by atoms with Crippen molar-refractivity contribution in [3.8, 4) is 0 Å². The van der Waals surface area contributed by atoms with E-state index in [1.165, 1.54) is 12.1 Å². The average Bonchev–Trinajstić information content (AvgIpc) is 2.86. The van der Waals surface area contributed by atoms with Crippen LogP contribution in [0.3, 0.4) is 0 Å². The van der Waals surface area contributed by atoms with E-state index in [1.54, 1.807) is 18.5 Å². The van der Waals surface area contributed by atoms with E-state index >= 15 is 0 Å². The monoisotopic (exact) mass is 326 g/mol. The van der Waals surface area contributed by atoms with Gasteiger partial charge in [-0.25, -0.2) is 13.1 Å². The van der Waals surface area contributed by atoms with Gasteiger partial charge in [-0.1, -0.05) is 0 Å². The minimum Gasteiger partial charge on any atom is -0.481 e. The van der Waals surface area contributed by atoms with Gasteiger partial charge in [-0.3, -0.25) is 9.78 Å². The number of rotatable bonds is 6. The molecule has 0 fully saturated rings. The minimum absolute atomic E-state index is 0.116. The van der Waals surface area contributed by atoms with Crippen molar-refractivity contribution < 1.29 is 18.3 Å². The van der Waals surface area contributed by atoms with Gasteiger partial charge in [-0.2, -0.15) is 0 Å². The van der Waals surface area contributed by atoms with Crippen LogP contribution in [0.5, 0.6) is 0 Å². The number of sulfonamides is 1. The number of pyridine rings is 1. The lowest BCUT2D eigenvalue weighted by Gasteiger charge is -2.07. The Balaban J connectivity index is 2.10. The molecule has 112 valence electrons. The van der Waals surface area contributed by atoms with Crippen molar-refractivity contribution in [2.24, 2.45) is 0 Å². The largest absolute Gasteiger partial charge is 0.481 e. The van der Waals surface area contributed by atoms with E-state index in [9.17, 15) is 13.2 Å². The molecule has 0 aromatic carbocycles. The first-order valence-corrected chi connectivity index (χ1v) is 8.38. The summed E-state index contributed by atoms with van der Waals surface area (Å²) in [6.07, 6.45) is 3.09. The Morgan fingerprint density at radius 1 is 1.38 bits per heavy atom. The molecular weight excluding hydrogens is 312 g/mol. The molecule has 0 amide bonds. The van der Waals surface area contributed by atoms with Gasteiger partial charge in [0, 0.05) is 23.8 Å². The number of thiophene rings is 1. The van der Waals surface area contributed by atoms with Gasteiger partial charge in [-0.05, 0) is 36.2 Å². The zero-order valence-corrected chi connectivity index (χ0v) is 12.9. The number of hydrogen-bond donors (Lipinski definition) is 2. The lowest BCUT2D eigenvalue weighted by atomic mass is 10.2. The molecule has 2 aromatic rings. The number of aryl methyl sites for hydroxylation is 1. The highest BCUT2D eigenvalue weighted by Crippen LogP contribution is 2.22. The number of carbonyl (C=O) groups is 1. The SMILES string of the molecule is Cc1cnccc1CNS(=O)(=O)c1ccc(CC(=O)O)s1. The van der Waals surface area contributed by atoms with Gasteiger partial charge in [0.05, 0.1) is 6.42 Å². The van der Waals surface area contributed by atoms with Crippen molar-refractivity contribution in [3.05, 3.63) is 46.6 Å². The summed E-state index contributed by atoms with van der Waals surface area (Å²) >= 11 is 0.964. The average molecular weight is 326 g/mol. The zero-order valence-electron chi connectivity index (χ0n) is 11.2. The predicted molar refractivity (Wildman–Crippen MR) is 78.7 cm³/mol. The molecule has 2 N–H and O–H groups in total. The van der Waals surface area contributed by atoms with Crippen LogP contribution in [0.4, 0.5) is 0 Å². The number of nitrogens with one attached hydrogen (secondary N) is 1. The van der Waals surface area contributed by atoms with Gasteiger partial charge >= 0.3 is 5.97 Å². The topological polar surface area (TPSA) is 96.4 Å². The molecule has 0 aliphatic rings. The van der Waals surface area contributed by atoms with E-state index < -0.39 is 16.0 Å². The summed E-state index contributed by atoms with van der Waals surface area (Å²) in [6, 6.07) is 4.69. The first kappa shape index (κ1) is 15.6. The van der Waals surface area contributed by atoms with E-state index in [1.807, 2.05) is 6.92 Å². The summed E-state index contributed by atoms with van der Waals surface area (Å²) in [5.74, 6) is -0.985. The second-order valence-electron chi connectivity index (χ2n) is 4.42. The molecule has 0 saturated heterocycles. The van der Waals surface area contributed by atoms with E-state index in [0.29, 0.717) is 4.88 Å². The number of carboxylic acids is 1. The maximum Gasteiger partial charge on any atom is 0.308 e. The predicted octanol–water partition coefficient (Wildman–Crippen LogP) is 1.56. The fraction of sp³-hybridized carbons (Fsp3) is 0.231. The third-order valence-corrected chi connectivity index (χ3v) is 5.79. The molecule has 0 spiro atoms. The Bertz CT molecular complexity index is 753. The van der Waals surface area contributed by atoms with Crippen molar-refractivity contribution in [3.63, 3.8) is 0 Å². The fourth-order valence-electron chi connectivity index (χ4n) is 1.69. The van der Waals surface area contributed by atoms with E-state index in [4.69, 9.17) is 5.11 Å². The zero-order chi connectivity index (χ0) is 15.5. The molecule has 0 radical (unpaired) electrons. The lowest BCUT2D eigenvalue weighted by molar-refractivity contribution is -0.136. The molecule has 2 rings (SSSR count). The highest BCUT2D eigenvalue weighted by molar-refractivity contribution is 7.91. The van der Waals surface area contributed by atoms with Gasteiger partial charge in [0.2, 0.25) is 10.0 Å². The molecule has 2 heterocycles. The van der Waals surface area contributed by atoms with Gasteiger partial charge in [-0.15, -0.1) is 11.3 Å². The first-order valence-electron chi connectivity index (χ1n) is 6.08. The number of hydrogen-bond acceptors (Lipinski definition) is 5. The maximum absolute atomic E-state index is 12.2. The minimum atomic E-state index is -3.64. The van der Waals surface area contributed by atoms with Gasteiger partial charge in [0.1, 0.15) is 4.21 Å². The molecule has 0 aliphatic carbocycles. The van der Waals surface area contributed by atoms with E-state index in [2.05, 4.69) is 9.71 Å². The normalized spacial score (nSPS) is 11.5. The smallest absolute Gasteiger partial charge is 0.308 e. The van der Waals surface area contributed by atoms with E-state index in [0.717, 1.165) is 22.5 Å². The summed E-state index contributed by atoms with van der Waals surface area (Å²) < 4.78 is 26.9. The molecule has 0 saturated carbocycles. The first-order chi connectivity index (χ1) is 9.88. The van der Waals surface area contributed by atoms with Crippen LogP contribution in [0.25, 0.3) is 0 Å². The van der Waals surface area contributed by atoms with Crippen LogP contribution >= 0.6 is 11.3 Å². The second kappa shape index (κ2) is 6.33. The summed E-state index contributed by atoms with van der Waals surface area (Å²) in [5.41, 5.74) is 1.74. The Morgan fingerprint density at radius 2 is 2.14 bits per heavy atom. The quantitative estimate of drug-likeness (QED) is 0.840. The summed E-state index contributed by atoms with van der Waals surface area (Å²) in [7, 11) is -3.64. The van der Waals surface area contributed by atoms with Crippen LogP contribution in [-0.4, -0.2) is 24.5 Å². The molecule has 2 aromatic heterocycles. The third kappa shape index (κ3) is 4.10. The molecule has 21 heavy (non-hydrogen) atoms. The molecule has 0 atom stereocenters. The van der Waals surface area contributed by atoms with Crippen LogP contribution in [0.15, 0.2) is 34.8 Å². The van der Waals surface area contributed by atoms with Crippen LogP contribution in [0.2, 0.25) is 0 Å². The molecule has 0 unspecified atom stereocenters. The van der Waals surface area contributed by atoms with E-state index in [-0.39, 0.29) is 17.2 Å². The van der Waals surface area contributed by atoms with Gasteiger partial charge in [0.15, 0.2) is 0 Å². The van der Waals surface area contributed by atoms with Crippen LogP contribution in [0, 0.1) is 6.92 Å². The molecule has 6 nitrogen and oxygen atoms in total. The summed E-state index contributed by atoms with van der Waals surface area (Å²) in [6.45, 7) is 2.02. The fourth-order valence-corrected chi connectivity index (χ4v) is 4.09. The number of nitrogens with zero attached hydrogens (tertiary/aromatic N) is 1. The van der Waals surface area contributed by atoms with Crippen molar-refractivity contribution in [2.75, 3.05) is 0 Å². The van der Waals surface area contributed by atoms with Crippen molar-refractivity contribution >= 4 is 27.3 Å². The maximum atomic E-state index is 12.2. The highest BCUT2D eigenvalue weighted by Gasteiger charge is 2.17. The molecule has 8 heteroatoms. The second-order valence-corrected chi connectivity index (χ2v) is 7.58. The highest BCUT2D eigenvalue weighted by atomic mass is 32.2. The third-order valence-electron chi connectivity index (χ3n) is 2.82.